The summed E-state index contributed by atoms with van der Waals surface area (Å²) in [5, 5.41) is 8.07. The van der Waals surface area contributed by atoms with Crippen molar-refractivity contribution in [2.24, 2.45) is 5.73 Å². The molecule has 3 aromatic heterocycles. The zero-order chi connectivity index (χ0) is 21.3. The number of aromatic nitrogens is 5. The van der Waals surface area contributed by atoms with Gasteiger partial charge in [-0.05, 0) is 32.0 Å². The summed E-state index contributed by atoms with van der Waals surface area (Å²) in [6, 6.07) is 10.3. The first-order valence-corrected chi connectivity index (χ1v) is 9.24. The Morgan fingerprint density at radius 1 is 1.17 bits per heavy atom. The molecule has 0 atom stereocenters. The standard InChI is InChI=1S/C21H19N7O2/c1-12-19(13(2)28(27-12)10-14-7-8-23-11-24-14)26-21(30)16-9-18(20(22)29)25-17-6-4-3-5-15(16)17/h3-9,11H,10H2,1-2H3,(H2,22,29)(H,26,30). The molecule has 3 N–H and O–H groups in total. The van der Waals surface area contributed by atoms with Gasteiger partial charge in [0.2, 0.25) is 0 Å². The Morgan fingerprint density at radius 3 is 2.70 bits per heavy atom. The van der Waals surface area contributed by atoms with Crippen LogP contribution in [0.25, 0.3) is 10.9 Å². The number of anilines is 1. The summed E-state index contributed by atoms with van der Waals surface area (Å²) < 4.78 is 1.77. The van der Waals surface area contributed by atoms with Gasteiger partial charge in [0.25, 0.3) is 11.8 Å². The number of nitrogens with two attached hydrogens (primary N) is 1. The average Bonchev–Trinajstić information content (AvgIpc) is 3.00. The maximum atomic E-state index is 13.1. The van der Waals surface area contributed by atoms with Crippen LogP contribution in [0, 0.1) is 13.8 Å². The normalized spacial score (nSPS) is 10.9. The second-order valence-electron chi connectivity index (χ2n) is 6.79. The Labute approximate surface area is 172 Å². The van der Waals surface area contributed by atoms with Crippen molar-refractivity contribution in [1.29, 1.82) is 0 Å². The maximum absolute atomic E-state index is 13.1. The van der Waals surface area contributed by atoms with Gasteiger partial charge < -0.3 is 11.1 Å². The molecule has 0 aliphatic heterocycles. The third kappa shape index (κ3) is 3.60. The molecule has 3 heterocycles. The molecule has 0 bridgehead atoms. The molecular formula is C21H19N7O2. The molecule has 0 fully saturated rings. The van der Waals surface area contributed by atoms with E-state index >= 15 is 0 Å². The second kappa shape index (κ2) is 7.70. The lowest BCUT2D eigenvalue weighted by Crippen LogP contribution is -2.18. The highest BCUT2D eigenvalue weighted by molar-refractivity contribution is 6.14. The summed E-state index contributed by atoms with van der Waals surface area (Å²) in [5.41, 5.74) is 9.13. The second-order valence-corrected chi connectivity index (χ2v) is 6.79. The predicted molar refractivity (Wildman–Crippen MR) is 111 cm³/mol. The Hall–Kier alpha value is -4.14. The Morgan fingerprint density at radius 2 is 1.97 bits per heavy atom. The van der Waals surface area contributed by atoms with Crippen LogP contribution in [-0.2, 0) is 6.54 Å². The molecule has 4 rings (SSSR count). The number of benzene rings is 1. The third-order valence-corrected chi connectivity index (χ3v) is 4.79. The molecule has 0 aliphatic carbocycles. The average molecular weight is 401 g/mol. The van der Waals surface area contributed by atoms with Crippen LogP contribution in [0.2, 0.25) is 0 Å². The van der Waals surface area contributed by atoms with E-state index in [1.807, 2.05) is 19.9 Å². The van der Waals surface area contributed by atoms with Crippen molar-refractivity contribution >= 4 is 28.4 Å². The minimum Gasteiger partial charge on any atom is -0.364 e. The number of fused-ring (bicyclic) bond motifs is 1. The van der Waals surface area contributed by atoms with Gasteiger partial charge in [-0.3, -0.25) is 14.3 Å². The maximum Gasteiger partial charge on any atom is 0.267 e. The largest absolute Gasteiger partial charge is 0.364 e. The minimum absolute atomic E-state index is 0.0340. The Kier molecular flexibility index (Phi) is 4.93. The number of carbonyl (C=O) groups is 2. The van der Waals surface area contributed by atoms with Gasteiger partial charge in [0.15, 0.2) is 0 Å². The van der Waals surface area contributed by atoms with E-state index in [4.69, 9.17) is 5.73 Å². The SMILES string of the molecule is Cc1nn(Cc2ccncn2)c(C)c1NC(=O)c1cc(C(N)=O)nc2ccccc12. The number of nitrogens with one attached hydrogen (secondary N) is 1. The van der Waals surface area contributed by atoms with Crippen molar-refractivity contribution in [3.63, 3.8) is 0 Å². The summed E-state index contributed by atoms with van der Waals surface area (Å²) in [5.74, 6) is -1.07. The van der Waals surface area contributed by atoms with E-state index in [1.165, 1.54) is 12.4 Å². The predicted octanol–water partition coefficient (Wildman–Crippen LogP) is 2.24. The van der Waals surface area contributed by atoms with Crippen LogP contribution in [0.5, 0.6) is 0 Å². The molecule has 0 saturated carbocycles. The fraction of sp³-hybridized carbons (Fsp3) is 0.143. The van der Waals surface area contributed by atoms with Crippen molar-refractivity contribution in [2.75, 3.05) is 5.32 Å². The van der Waals surface area contributed by atoms with Crippen LogP contribution in [0.15, 0.2) is 48.9 Å². The van der Waals surface area contributed by atoms with E-state index in [9.17, 15) is 9.59 Å². The lowest BCUT2D eigenvalue weighted by molar-refractivity contribution is 0.0996. The van der Waals surface area contributed by atoms with Gasteiger partial charge in [0, 0.05) is 11.6 Å². The first-order valence-electron chi connectivity index (χ1n) is 9.24. The van der Waals surface area contributed by atoms with Crippen molar-refractivity contribution < 1.29 is 9.59 Å². The van der Waals surface area contributed by atoms with Gasteiger partial charge in [-0.2, -0.15) is 5.10 Å². The summed E-state index contributed by atoms with van der Waals surface area (Å²) in [4.78, 5) is 37.1. The van der Waals surface area contributed by atoms with Gasteiger partial charge in [-0.25, -0.2) is 15.0 Å². The molecule has 30 heavy (non-hydrogen) atoms. The number of carbonyl (C=O) groups excluding carboxylic acids is 2. The number of aryl methyl sites for hydroxylation is 1. The summed E-state index contributed by atoms with van der Waals surface area (Å²) >= 11 is 0. The summed E-state index contributed by atoms with van der Waals surface area (Å²) in [6.45, 7) is 4.14. The van der Waals surface area contributed by atoms with Crippen LogP contribution in [0.3, 0.4) is 0 Å². The number of hydrogen-bond acceptors (Lipinski definition) is 6. The van der Waals surface area contributed by atoms with E-state index in [-0.39, 0.29) is 11.6 Å². The van der Waals surface area contributed by atoms with Gasteiger partial charge in [-0.1, -0.05) is 18.2 Å². The van der Waals surface area contributed by atoms with Crippen LogP contribution in [0.4, 0.5) is 5.69 Å². The fourth-order valence-electron chi connectivity index (χ4n) is 3.27. The molecule has 0 radical (unpaired) electrons. The Bertz CT molecular complexity index is 1270. The highest BCUT2D eigenvalue weighted by Crippen LogP contribution is 2.24. The molecule has 0 spiro atoms. The quantitative estimate of drug-likeness (QED) is 0.528. The van der Waals surface area contributed by atoms with Crippen LogP contribution in [-0.4, -0.2) is 36.5 Å². The minimum atomic E-state index is -0.695. The molecule has 1 aromatic carbocycles. The Balaban J connectivity index is 1.69. The molecule has 150 valence electrons. The summed E-state index contributed by atoms with van der Waals surface area (Å²) in [7, 11) is 0. The highest BCUT2D eigenvalue weighted by atomic mass is 16.2. The number of amides is 2. The van der Waals surface area contributed by atoms with E-state index in [0.717, 1.165) is 11.4 Å². The van der Waals surface area contributed by atoms with Gasteiger partial charge in [-0.15, -0.1) is 0 Å². The van der Waals surface area contributed by atoms with Gasteiger partial charge in [0.1, 0.15) is 12.0 Å². The smallest absolute Gasteiger partial charge is 0.267 e. The molecule has 0 unspecified atom stereocenters. The lowest BCUT2D eigenvalue weighted by atomic mass is 10.1. The van der Waals surface area contributed by atoms with Crippen LogP contribution in [0.1, 0.15) is 37.9 Å². The van der Waals surface area contributed by atoms with Gasteiger partial charge in [0.05, 0.1) is 40.4 Å². The first kappa shape index (κ1) is 19.2. The van der Waals surface area contributed by atoms with Crippen LogP contribution < -0.4 is 11.1 Å². The van der Waals surface area contributed by atoms with Gasteiger partial charge >= 0.3 is 0 Å². The molecule has 0 saturated heterocycles. The number of primary amides is 1. The fourth-order valence-corrected chi connectivity index (χ4v) is 3.27. The van der Waals surface area contributed by atoms with Crippen molar-refractivity contribution in [3.05, 3.63) is 77.3 Å². The van der Waals surface area contributed by atoms with Crippen molar-refractivity contribution in [2.45, 2.75) is 20.4 Å². The van der Waals surface area contributed by atoms with Crippen molar-refractivity contribution in [1.82, 2.24) is 24.7 Å². The topological polar surface area (TPSA) is 129 Å². The number of nitrogens with zero attached hydrogens (tertiary/aromatic N) is 5. The van der Waals surface area contributed by atoms with E-state index in [2.05, 4.69) is 25.4 Å². The third-order valence-electron chi connectivity index (χ3n) is 4.79. The number of rotatable bonds is 5. The van der Waals surface area contributed by atoms with E-state index in [0.29, 0.717) is 34.4 Å². The lowest BCUT2D eigenvalue weighted by Gasteiger charge is -2.10. The molecule has 2 amide bonds. The number of para-hydroxylation sites is 1. The molecular weight excluding hydrogens is 382 g/mol. The molecule has 9 nitrogen and oxygen atoms in total. The number of pyridine rings is 1. The zero-order valence-electron chi connectivity index (χ0n) is 16.5. The molecule has 9 heteroatoms. The molecule has 4 aromatic rings. The van der Waals surface area contributed by atoms with E-state index in [1.54, 1.807) is 35.1 Å². The first-order chi connectivity index (χ1) is 14.4. The summed E-state index contributed by atoms with van der Waals surface area (Å²) in [6.07, 6.45) is 3.15. The highest BCUT2D eigenvalue weighted by Gasteiger charge is 2.19. The van der Waals surface area contributed by atoms with Crippen molar-refractivity contribution in [3.8, 4) is 0 Å². The zero-order valence-corrected chi connectivity index (χ0v) is 16.5. The number of hydrogen-bond donors (Lipinski definition) is 2. The van der Waals surface area contributed by atoms with E-state index < -0.39 is 5.91 Å². The monoisotopic (exact) mass is 401 g/mol. The van der Waals surface area contributed by atoms with Crippen LogP contribution >= 0.6 is 0 Å². The molecule has 0 aliphatic rings.